The summed E-state index contributed by atoms with van der Waals surface area (Å²) in [7, 11) is 0. The highest BCUT2D eigenvalue weighted by Gasteiger charge is 2.07. The summed E-state index contributed by atoms with van der Waals surface area (Å²) in [6.45, 7) is 7.83. The Kier molecular flexibility index (Phi) is 7.24. The van der Waals surface area contributed by atoms with Gasteiger partial charge in [-0.2, -0.15) is 5.26 Å². The average Bonchev–Trinajstić information content (AvgIpc) is 2.62. The molecule has 0 atom stereocenters. The third-order valence-corrected chi connectivity index (χ3v) is 4.14. The van der Waals surface area contributed by atoms with Crippen LogP contribution in [0.25, 0.3) is 11.3 Å². The Morgan fingerprint density at radius 2 is 1.92 bits per heavy atom. The number of amides is 1. The van der Waals surface area contributed by atoms with Gasteiger partial charge in [0, 0.05) is 31.3 Å². The van der Waals surface area contributed by atoms with Gasteiger partial charge in [-0.25, -0.2) is 9.97 Å². The molecule has 6 heteroatoms. The van der Waals surface area contributed by atoms with Crippen LogP contribution in [0.2, 0.25) is 0 Å². The first kappa shape index (κ1) is 19.5. The van der Waals surface area contributed by atoms with Crippen LogP contribution in [0.1, 0.15) is 36.0 Å². The smallest absolute Gasteiger partial charge is 0.232 e. The third-order valence-electron chi connectivity index (χ3n) is 4.14. The number of rotatable bonds is 8. The topological polar surface area (TPSA) is 90.7 Å². The van der Waals surface area contributed by atoms with E-state index in [1.165, 1.54) is 18.1 Å². The minimum Gasteiger partial charge on any atom is -0.355 e. The van der Waals surface area contributed by atoms with Crippen LogP contribution in [0.4, 0.5) is 0 Å². The van der Waals surface area contributed by atoms with Crippen LogP contribution in [0.3, 0.4) is 0 Å². The molecule has 0 aliphatic rings. The molecule has 0 bridgehead atoms. The molecule has 2 rings (SSSR count). The summed E-state index contributed by atoms with van der Waals surface area (Å²) in [5.41, 5.74) is 5.09. The Labute approximate surface area is 154 Å². The van der Waals surface area contributed by atoms with Crippen molar-refractivity contribution in [1.29, 1.82) is 5.26 Å². The zero-order valence-corrected chi connectivity index (χ0v) is 15.6. The van der Waals surface area contributed by atoms with E-state index in [4.69, 9.17) is 0 Å². The zero-order chi connectivity index (χ0) is 18.9. The number of carbonyl (C=O) groups is 1. The monoisotopic (exact) mass is 351 g/mol. The highest BCUT2D eigenvalue weighted by molar-refractivity contribution is 5.72. The third kappa shape index (κ3) is 5.94. The second-order valence-corrected chi connectivity index (χ2v) is 6.32. The standard InChI is InChI=1S/C20H25N5O/c1-14-6-7-17(11-15(14)2)19-12-18(24-20(13-21)25-19)5-4-8-22-9-10-23-16(3)26/h6-7,11-12,22H,4-5,8-10H2,1-3H3,(H,23,26). The zero-order valence-electron chi connectivity index (χ0n) is 15.6. The van der Waals surface area contributed by atoms with E-state index in [0.29, 0.717) is 6.54 Å². The van der Waals surface area contributed by atoms with Gasteiger partial charge in [-0.15, -0.1) is 0 Å². The van der Waals surface area contributed by atoms with Crippen LogP contribution in [0.5, 0.6) is 0 Å². The molecule has 0 spiro atoms. The van der Waals surface area contributed by atoms with Crippen molar-refractivity contribution in [1.82, 2.24) is 20.6 Å². The van der Waals surface area contributed by atoms with Gasteiger partial charge in [-0.05, 0) is 56.5 Å². The molecular weight excluding hydrogens is 326 g/mol. The number of hydrogen-bond donors (Lipinski definition) is 2. The van der Waals surface area contributed by atoms with Crippen molar-refractivity contribution in [3.8, 4) is 17.3 Å². The molecular formula is C20H25N5O. The lowest BCUT2D eigenvalue weighted by Gasteiger charge is -2.08. The molecule has 136 valence electrons. The quantitative estimate of drug-likeness (QED) is 0.712. The van der Waals surface area contributed by atoms with Crippen molar-refractivity contribution in [2.24, 2.45) is 0 Å². The van der Waals surface area contributed by atoms with Crippen LogP contribution in [0.15, 0.2) is 24.3 Å². The number of benzene rings is 1. The fraction of sp³-hybridized carbons (Fsp3) is 0.400. The second kappa shape index (κ2) is 9.64. The van der Waals surface area contributed by atoms with Crippen LogP contribution < -0.4 is 10.6 Å². The molecule has 26 heavy (non-hydrogen) atoms. The summed E-state index contributed by atoms with van der Waals surface area (Å²) in [5, 5.41) is 15.2. The number of nitrogens with one attached hydrogen (secondary N) is 2. The number of nitrogens with zero attached hydrogens (tertiary/aromatic N) is 3. The van der Waals surface area contributed by atoms with E-state index in [9.17, 15) is 10.1 Å². The summed E-state index contributed by atoms with van der Waals surface area (Å²) in [4.78, 5) is 19.5. The van der Waals surface area contributed by atoms with Gasteiger partial charge in [-0.1, -0.05) is 12.1 Å². The van der Waals surface area contributed by atoms with E-state index in [1.807, 2.05) is 12.1 Å². The normalized spacial score (nSPS) is 10.4. The van der Waals surface area contributed by atoms with E-state index >= 15 is 0 Å². The fourth-order valence-electron chi connectivity index (χ4n) is 2.57. The minimum absolute atomic E-state index is 0.0179. The predicted octanol–water partition coefficient (Wildman–Crippen LogP) is 2.29. The van der Waals surface area contributed by atoms with Gasteiger partial charge in [0.15, 0.2) is 0 Å². The lowest BCUT2D eigenvalue weighted by molar-refractivity contribution is -0.118. The molecule has 2 N–H and O–H groups in total. The van der Waals surface area contributed by atoms with E-state index in [-0.39, 0.29) is 11.7 Å². The lowest BCUT2D eigenvalue weighted by Crippen LogP contribution is -2.30. The predicted molar refractivity (Wildman–Crippen MR) is 102 cm³/mol. The van der Waals surface area contributed by atoms with E-state index in [0.717, 1.165) is 42.9 Å². The van der Waals surface area contributed by atoms with Crippen molar-refractivity contribution in [2.75, 3.05) is 19.6 Å². The molecule has 6 nitrogen and oxygen atoms in total. The molecule has 1 heterocycles. The average molecular weight is 351 g/mol. The maximum absolute atomic E-state index is 10.8. The summed E-state index contributed by atoms with van der Waals surface area (Å²) >= 11 is 0. The summed E-state index contributed by atoms with van der Waals surface area (Å²) in [6.07, 6.45) is 1.66. The molecule has 0 saturated carbocycles. The summed E-state index contributed by atoms with van der Waals surface area (Å²) in [6, 6.07) is 10.2. The van der Waals surface area contributed by atoms with E-state index in [2.05, 4.69) is 52.7 Å². The number of hydrogen-bond acceptors (Lipinski definition) is 5. The van der Waals surface area contributed by atoms with E-state index < -0.39 is 0 Å². The van der Waals surface area contributed by atoms with Crippen LogP contribution in [0, 0.1) is 25.2 Å². The molecule has 0 saturated heterocycles. The first-order chi connectivity index (χ1) is 12.5. The van der Waals surface area contributed by atoms with E-state index in [1.54, 1.807) is 0 Å². The van der Waals surface area contributed by atoms with Gasteiger partial charge in [0.05, 0.1) is 5.69 Å². The lowest BCUT2D eigenvalue weighted by atomic mass is 10.0. The van der Waals surface area contributed by atoms with Crippen LogP contribution >= 0.6 is 0 Å². The molecule has 0 aliphatic heterocycles. The number of aromatic nitrogens is 2. The Balaban J connectivity index is 1.97. The highest BCUT2D eigenvalue weighted by atomic mass is 16.1. The first-order valence-corrected chi connectivity index (χ1v) is 8.80. The van der Waals surface area contributed by atoms with Crippen molar-refractivity contribution >= 4 is 5.91 Å². The van der Waals surface area contributed by atoms with Gasteiger partial charge in [-0.3, -0.25) is 4.79 Å². The van der Waals surface area contributed by atoms with Crippen molar-refractivity contribution in [3.63, 3.8) is 0 Å². The Morgan fingerprint density at radius 1 is 1.12 bits per heavy atom. The molecule has 1 aromatic carbocycles. The van der Waals surface area contributed by atoms with Gasteiger partial charge in [0.1, 0.15) is 6.07 Å². The summed E-state index contributed by atoms with van der Waals surface area (Å²) in [5.74, 6) is 0.185. The minimum atomic E-state index is -0.0179. The fourth-order valence-corrected chi connectivity index (χ4v) is 2.57. The van der Waals surface area contributed by atoms with Crippen LogP contribution in [-0.2, 0) is 11.2 Å². The van der Waals surface area contributed by atoms with Crippen molar-refractivity contribution in [3.05, 3.63) is 46.9 Å². The number of nitriles is 1. The first-order valence-electron chi connectivity index (χ1n) is 8.80. The Bertz CT molecular complexity index is 810. The molecule has 1 amide bonds. The maximum atomic E-state index is 10.8. The SMILES string of the molecule is CC(=O)NCCNCCCc1cc(-c2ccc(C)c(C)c2)nc(C#N)n1. The van der Waals surface area contributed by atoms with Gasteiger partial charge < -0.3 is 10.6 Å². The second-order valence-electron chi connectivity index (χ2n) is 6.32. The van der Waals surface area contributed by atoms with Crippen LogP contribution in [-0.4, -0.2) is 35.5 Å². The highest BCUT2D eigenvalue weighted by Crippen LogP contribution is 2.21. The van der Waals surface area contributed by atoms with Gasteiger partial charge >= 0.3 is 0 Å². The number of carbonyl (C=O) groups excluding carboxylic acids is 1. The molecule has 1 aromatic heterocycles. The Morgan fingerprint density at radius 3 is 2.62 bits per heavy atom. The molecule has 2 aromatic rings. The summed E-state index contributed by atoms with van der Waals surface area (Å²) < 4.78 is 0. The molecule has 0 fully saturated rings. The van der Waals surface area contributed by atoms with Crippen molar-refractivity contribution < 1.29 is 4.79 Å². The molecule has 0 aliphatic carbocycles. The van der Waals surface area contributed by atoms with Crippen molar-refractivity contribution in [2.45, 2.75) is 33.6 Å². The molecule has 0 radical (unpaired) electrons. The Hall–Kier alpha value is -2.78. The van der Waals surface area contributed by atoms with Gasteiger partial charge in [0.2, 0.25) is 11.7 Å². The number of aryl methyl sites for hydroxylation is 3. The maximum Gasteiger partial charge on any atom is 0.232 e. The largest absolute Gasteiger partial charge is 0.355 e. The molecule has 0 unspecified atom stereocenters. The van der Waals surface area contributed by atoms with Gasteiger partial charge in [0.25, 0.3) is 0 Å².